The molecule has 102 valence electrons. The van der Waals surface area contributed by atoms with Gasteiger partial charge in [0.05, 0.1) is 6.54 Å². The van der Waals surface area contributed by atoms with E-state index in [-0.39, 0.29) is 24.2 Å². The van der Waals surface area contributed by atoms with Crippen LogP contribution in [-0.2, 0) is 4.79 Å². The molecule has 1 unspecified atom stereocenters. The summed E-state index contributed by atoms with van der Waals surface area (Å²) in [5.74, 6) is 0.0412. The lowest BCUT2D eigenvalue weighted by Gasteiger charge is -2.16. The molecule has 0 fully saturated rings. The highest BCUT2D eigenvalue weighted by atomic mass is 35.5. The highest BCUT2D eigenvalue weighted by molar-refractivity contribution is 6.36. The summed E-state index contributed by atoms with van der Waals surface area (Å²) < 4.78 is 0. The molecule has 0 radical (unpaired) electrons. The molecule has 1 aromatic rings. The summed E-state index contributed by atoms with van der Waals surface area (Å²) in [4.78, 5) is 11.3. The second-order valence-corrected chi connectivity index (χ2v) is 4.69. The first kappa shape index (κ1) is 17.5. The minimum atomic E-state index is -0.0393. The first-order chi connectivity index (χ1) is 8.06. The number of rotatable bonds is 5. The largest absolute Gasteiger partial charge is 0.354 e. The average molecular weight is 312 g/mol. The standard InChI is InChI=1S/C12H16Cl2N2O.ClH/c1-8(6-16-11(17)7-15-2)12-9(13)4-3-5-10(12)14;/h3-5,8,15H,6-7H2,1-2H3,(H,16,17);1H. The Kier molecular flexibility index (Phi) is 8.36. The van der Waals surface area contributed by atoms with E-state index in [0.29, 0.717) is 23.1 Å². The summed E-state index contributed by atoms with van der Waals surface area (Å²) in [7, 11) is 1.73. The van der Waals surface area contributed by atoms with Crippen LogP contribution in [0.4, 0.5) is 0 Å². The molecule has 1 aromatic carbocycles. The summed E-state index contributed by atoms with van der Waals surface area (Å²) in [5, 5.41) is 6.87. The first-order valence-corrected chi connectivity index (χ1v) is 6.17. The van der Waals surface area contributed by atoms with E-state index in [1.54, 1.807) is 25.2 Å². The molecule has 0 saturated heterocycles. The van der Waals surface area contributed by atoms with Gasteiger partial charge in [0.25, 0.3) is 0 Å². The maximum atomic E-state index is 11.3. The van der Waals surface area contributed by atoms with Gasteiger partial charge in [0.2, 0.25) is 5.91 Å². The van der Waals surface area contributed by atoms with Crippen molar-refractivity contribution in [2.45, 2.75) is 12.8 Å². The molecule has 1 amide bonds. The van der Waals surface area contributed by atoms with Crippen LogP contribution in [0.15, 0.2) is 18.2 Å². The van der Waals surface area contributed by atoms with E-state index in [2.05, 4.69) is 10.6 Å². The monoisotopic (exact) mass is 310 g/mol. The number of halogens is 3. The molecule has 0 aliphatic carbocycles. The van der Waals surface area contributed by atoms with Gasteiger partial charge < -0.3 is 10.6 Å². The molecule has 1 rings (SSSR count). The Balaban J connectivity index is 0.00000289. The van der Waals surface area contributed by atoms with Crippen molar-refractivity contribution < 1.29 is 4.79 Å². The second-order valence-electron chi connectivity index (χ2n) is 3.87. The van der Waals surface area contributed by atoms with Crippen LogP contribution < -0.4 is 10.6 Å². The van der Waals surface area contributed by atoms with Crippen molar-refractivity contribution in [3.05, 3.63) is 33.8 Å². The number of nitrogens with one attached hydrogen (secondary N) is 2. The van der Waals surface area contributed by atoms with Gasteiger partial charge in [0.1, 0.15) is 0 Å². The molecule has 0 heterocycles. The Hall–Kier alpha value is -0.480. The fraction of sp³-hybridized carbons (Fsp3) is 0.417. The van der Waals surface area contributed by atoms with Crippen LogP contribution in [0.2, 0.25) is 10.0 Å². The number of hydrogen-bond acceptors (Lipinski definition) is 2. The highest BCUT2D eigenvalue weighted by Crippen LogP contribution is 2.30. The Labute approximate surface area is 124 Å². The molecule has 0 aromatic heterocycles. The molecule has 0 aliphatic heterocycles. The van der Waals surface area contributed by atoms with Crippen LogP contribution in [-0.4, -0.2) is 26.0 Å². The number of carbonyl (C=O) groups excluding carboxylic acids is 1. The number of amides is 1. The van der Waals surface area contributed by atoms with Gasteiger partial charge in [0.15, 0.2) is 0 Å². The zero-order valence-electron chi connectivity index (χ0n) is 10.3. The minimum absolute atomic E-state index is 0. The van der Waals surface area contributed by atoms with Gasteiger partial charge >= 0.3 is 0 Å². The summed E-state index contributed by atoms with van der Waals surface area (Å²) >= 11 is 12.2. The van der Waals surface area contributed by atoms with E-state index < -0.39 is 0 Å². The first-order valence-electron chi connectivity index (χ1n) is 5.41. The van der Waals surface area contributed by atoms with Gasteiger partial charge in [-0.1, -0.05) is 36.2 Å². The fourth-order valence-corrected chi connectivity index (χ4v) is 2.34. The van der Waals surface area contributed by atoms with Crippen molar-refractivity contribution in [2.75, 3.05) is 20.1 Å². The van der Waals surface area contributed by atoms with Crippen LogP contribution in [0.25, 0.3) is 0 Å². The Morgan fingerprint density at radius 3 is 2.39 bits per heavy atom. The van der Waals surface area contributed by atoms with Gasteiger partial charge in [-0.05, 0) is 24.7 Å². The van der Waals surface area contributed by atoms with E-state index in [4.69, 9.17) is 23.2 Å². The smallest absolute Gasteiger partial charge is 0.233 e. The number of benzene rings is 1. The maximum absolute atomic E-state index is 11.3. The zero-order chi connectivity index (χ0) is 12.8. The third-order valence-corrected chi connectivity index (χ3v) is 3.09. The predicted octanol–water partition coefficient (Wildman–Crippen LogP) is 2.85. The Morgan fingerprint density at radius 2 is 1.89 bits per heavy atom. The van der Waals surface area contributed by atoms with E-state index in [9.17, 15) is 4.79 Å². The minimum Gasteiger partial charge on any atom is -0.354 e. The third kappa shape index (κ3) is 5.02. The molecule has 2 N–H and O–H groups in total. The van der Waals surface area contributed by atoms with Gasteiger partial charge in [-0.2, -0.15) is 0 Å². The van der Waals surface area contributed by atoms with Crippen molar-refractivity contribution >= 4 is 41.5 Å². The fourth-order valence-electron chi connectivity index (χ4n) is 1.57. The van der Waals surface area contributed by atoms with Crippen molar-refractivity contribution in [3.8, 4) is 0 Å². The number of hydrogen-bond donors (Lipinski definition) is 2. The number of carbonyl (C=O) groups is 1. The van der Waals surface area contributed by atoms with E-state index in [0.717, 1.165) is 5.56 Å². The maximum Gasteiger partial charge on any atom is 0.233 e. The van der Waals surface area contributed by atoms with Crippen molar-refractivity contribution in [3.63, 3.8) is 0 Å². The zero-order valence-corrected chi connectivity index (χ0v) is 12.6. The van der Waals surface area contributed by atoms with Crippen LogP contribution in [0, 0.1) is 0 Å². The quantitative estimate of drug-likeness (QED) is 0.878. The molecular weight excluding hydrogens is 295 g/mol. The van der Waals surface area contributed by atoms with Crippen molar-refractivity contribution in [1.29, 1.82) is 0 Å². The van der Waals surface area contributed by atoms with Crippen LogP contribution >= 0.6 is 35.6 Å². The third-order valence-electron chi connectivity index (χ3n) is 2.44. The summed E-state index contributed by atoms with van der Waals surface area (Å²) in [5.41, 5.74) is 0.876. The summed E-state index contributed by atoms with van der Waals surface area (Å²) in [6.45, 7) is 2.81. The van der Waals surface area contributed by atoms with Crippen LogP contribution in [0.1, 0.15) is 18.4 Å². The molecule has 0 saturated carbocycles. The normalized spacial score (nSPS) is 11.6. The molecule has 0 aliphatic rings. The van der Waals surface area contributed by atoms with Crippen LogP contribution in [0.5, 0.6) is 0 Å². The summed E-state index contributed by atoms with van der Waals surface area (Å²) in [6, 6.07) is 5.41. The van der Waals surface area contributed by atoms with E-state index in [1.807, 2.05) is 6.92 Å². The van der Waals surface area contributed by atoms with Crippen molar-refractivity contribution in [1.82, 2.24) is 10.6 Å². The second kappa shape index (κ2) is 8.59. The van der Waals surface area contributed by atoms with Gasteiger partial charge in [-0.15, -0.1) is 12.4 Å². The summed E-state index contributed by atoms with van der Waals surface area (Å²) in [6.07, 6.45) is 0. The van der Waals surface area contributed by atoms with Gasteiger partial charge in [-0.25, -0.2) is 0 Å². The van der Waals surface area contributed by atoms with Gasteiger partial charge in [-0.3, -0.25) is 4.79 Å². The predicted molar refractivity (Wildman–Crippen MR) is 79.1 cm³/mol. The average Bonchev–Trinajstić information content (AvgIpc) is 2.26. The molecule has 0 spiro atoms. The lowest BCUT2D eigenvalue weighted by atomic mass is 10.0. The van der Waals surface area contributed by atoms with Crippen LogP contribution in [0.3, 0.4) is 0 Å². The SMILES string of the molecule is CNCC(=O)NCC(C)c1c(Cl)cccc1Cl.Cl. The van der Waals surface area contributed by atoms with E-state index >= 15 is 0 Å². The molecule has 0 bridgehead atoms. The lowest BCUT2D eigenvalue weighted by molar-refractivity contribution is -0.120. The molecule has 1 atom stereocenters. The van der Waals surface area contributed by atoms with Crippen molar-refractivity contribution in [2.24, 2.45) is 0 Å². The Bertz CT molecular complexity index is 379. The Morgan fingerprint density at radius 1 is 1.33 bits per heavy atom. The van der Waals surface area contributed by atoms with E-state index in [1.165, 1.54) is 0 Å². The molecule has 6 heteroatoms. The highest BCUT2D eigenvalue weighted by Gasteiger charge is 2.14. The molecule has 3 nitrogen and oxygen atoms in total. The molecule has 18 heavy (non-hydrogen) atoms. The number of likely N-dealkylation sites (N-methyl/N-ethyl adjacent to an activating group) is 1. The lowest BCUT2D eigenvalue weighted by Crippen LogP contribution is -2.34. The molecular formula is C12H17Cl3N2O. The topological polar surface area (TPSA) is 41.1 Å². The van der Waals surface area contributed by atoms with Gasteiger partial charge in [0, 0.05) is 22.5 Å².